The van der Waals surface area contributed by atoms with Gasteiger partial charge in [-0.1, -0.05) is 71.7 Å². The van der Waals surface area contributed by atoms with Gasteiger partial charge in [-0.25, -0.2) is 0 Å². The fraction of sp³-hybridized carbons (Fsp3) is 0. The van der Waals surface area contributed by atoms with Crippen LogP contribution in [0.1, 0.15) is 0 Å². The first kappa shape index (κ1) is 25.8. The molecule has 0 fully saturated rings. The van der Waals surface area contributed by atoms with E-state index in [4.69, 9.17) is 9.47 Å². The van der Waals surface area contributed by atoms with Crippen LogP contribution in [0.2, 0.25) is 0 Å². The van der Waals surface area contributed by atoms with Gasteiger partial charge in [0.2, 0.25) is 6.71 Å². The van der Waals surface area contributed by atoms with Crippen molar-refractivity contribution in [3.63, 3.8) is 0 Å². The quantitative estimate of drug-likeness (QED) is 0.169. The predicted molar refractivity (Wildman–Crippen MR) is 155 cm³/mol. The summed E-state index contributed by atoms with van der Waals surface area (Å²) in [7, 11) is 0. The summed E-state index contributed by atoms with van der Waals surface area (Å²) in [4.78, 5) is 8.72. The SMILES string of the molecule is [Ir].[c-]1cc2c3c(c1-c1ccccn1)Oc1ccccc1B3c1ccccc1O2.[c-]1ccccc1-c1ccccn1. The minimum absolute atomic E-state index is 0. The minimum atomic E-state index is 0. The number of aromatic nitrogens is 2. The summed E-state index contributed by atoms with van der Waals surface area (Å²) >= 11 is 0. The molecule has 2 aliphatic heterocycles. The monoisotopic (exact) mass is 693 g/mol. The van der Waals surface area contributed by atoms with E-state index >= 15 is 0 Å². The number of nitrogens with zero attached hydrogens (tertiary/aromatic N) is 2. The topological polar surface area (TPSA) is 44.2 Å². The Bertz CT molecular complexity index is 1720. The smallest absolute Gasteiger partial charge is 0.239 e. The normalized spacial score (nSPS) is 11.7. The molecule has 40 heavy (non-hydrogen) atoms. The van der Waals surface area contributed by atoms with E-state index in [1.807, 2.05) is 91.0 Å². The molecule has 0 atom stereocenters. The van der Waals surface area contributed by atoms with E-state index < -0.39 is 0 Å². The zero-order valence-corrected chi connectivity index (χ0v) is 23.6. The van der Waals surface area contributed by atoms with Crippen LogP contribution in [-0.4, -0.2) is 16.7 Å². The number of hydrogen-bond donors (Lipinski definition) is 0. The van der Waals surface area contributed by atoms with Gasteiger partial charge in [-0.15, -0.1) is 48.0 Å². The van der Waals surface area contributed by atoms with Crippen molar-refractivity contribution in [2.24, 2.45) is 0 Å². The molecular weight excluding hydrogens is 671 g/mol. The van der Waals surface area contributed by atoms with Crippen molar-refractivity contribution < 1.29 is 29.6 Å². The van der Waals surface area contributed by atoms with Gasteiger partial charge in [-0.3, -0.25) is 0 Å². The van der Waals surface area contributed by atoms with Crippen LogP contribution in [-0.2, 0) is 20.1 Å². The van der Waals surface area contributed by atoms with Crippen LogP contribution in [0.4, 0.5) is 0 Å². The van der Waals surface area contributed by atoms with Gasteiger partial charge >= 0.3 is 0 Å². The van der Waals surface area contributed by atoms with Gasteiger partial charge in [0.25, 0.3) is 0 Å². The molecule has 0 unspecified atom stereocenters. The number of rotatable bonds is 2. The standard InChI is InChI=1S/C23H13BNO2.C11H8N.Ir/c1-3-10-19-16(7-1)24-17-8-2-4-11-20(17)27-23-15(18-9-5-6-14-25-18)12-13-21(26-19)22(23)24;1-2-6-10(7-3-1)11-8-4-5-9-12-11;/h1-11,13-14H;1-6,8-9H;/q2*-1;. The van der Waals surface area contributed by atoms with Gasteiger partial charge in [0, 0.05) is 44.0 Å². The average molecular weight is 693 g/mol. The van der Waals surface area contributed by atoms with Crippen LogP contribution < -0.4 is 25.9 Å². The molecule has 0 N–H and O–H groups in total. The Hall–Kier alpha value is -4.51. The maximum atomic E-state index is 6.37. The summed E-state index contributed by atoms with van der Waals surface area (Å²) in [6, 6.07) is 44.3. The van der Waals surface area contributed by atoms with Crippen LogP contribution in [0.3, 0.4) is 0 Å². The molecule has 193 valence electrons. The van der Waals surface area contributed by atoms with E-state index in [0.717, 1.165) is 61.9 Å². The fourth-order valence-corrected chi connectivity index (χ4v) is 5.10. The molecule has 0 spiro atoms. The molecule has 1 radical (unpaired) electrons. The number of para-hydroxylation sites is 2. The third-order valence-electron chi connectivity index (χ3n) is 6.84. The largest absolute Gasteiger partial charge is 0.503 e. The number of ether oxygens (including phenoxy) is 2. The summed E-state index contributed by atoms with van der Waals surface area (Å²) in [5.74, 6) is 3.33. The van der Waals surface area contributed by atoms with Gasteiger partial charge in [0.05, 0.1) is 0 Å². The molecule has 0 saturated heterocycles. The van der Waals surface area contributed by atoms with Gasteiger partial charge in [0.1, 0.15) is 11.5 Å². The van der Waals surface area contributed by atoms with Gasteiger partial charge < -0.3 is 19.4 Å². The maximum Gasteiger partial charge on any atom is 0.239 e. The molecule has 4 nitrogen and oxygen atoms in total. The van der Waals surface area contributed by atoms with Crippen molar-refractivity contribution in [2.75, 3.05) is 0 Å². The molecule has 0 bridgehead atoms. The molecule has 0 amide bonds. The third kappa shape index (κ3) is 4.73. The van der Waals surface area contributed by atoms with Crippen LogP contribution in [0.5, 0.6) is 23.0 Å². The van der Waals surface area contributed by atoms with Crippen molar-refractivity contribution in [2.45, 2.75) is 0 Å². The summed E-state index contributed by atoms with van der Waals surface area (Å²) in [5, 5.41) is 0. The van der Waals surface area contributed by atoms with E-state index in [2.05, 4.69) is 46.4 Å². The summed E-state index contributed by atoms with van der Waals surface area (Å²) in [6.45, 7) is 0.0713. The van der Waals surface area contributed by atoms with E-state index in [9.17, 15) is 0 Å². The number of fused-ring (bicyclic) bond motifs is 4. The molecular formula is C34H21BIrN2O2-2. The second kappa shape index (κ2) is 11.3. The molecule has 2 aromatic heterocycles. The van der Waals surface area contributed by atoms with Crippen molar-refractivity contribution >= 4 is 23.1 Å². The second-order valence-corrected chi connectivity index (χ2v) is 9.19. The van der Waals surface area contributed by atoms with Crippen molar-refractivity contribution in [1.29, 1.82) is 0 Å². The molecule has 4 aromatic carbocycles. The van der Waals surface area contributed by atoms with Gasteiger partial charge in [-0.2, -0.15) is 0 Å². The average Bonchev–Trinajstić information content (AvgIpc) is 3.02. The molecule has 6 heteroatoms. The van der Waals surface area contributed by atoms with E-state index in [1.54, 1.807) is 12.4 Å². The van der Waals surface area contributed by atoms with Crippen LogP contribution >= 0.6 is 0 Å². The Balaban J connectivity index is 0.000000188. The minimum Gasteiger partial charge on any atom is -0.503 e. The molecule has 4 heterocycles. The molecule has 2 aliphatic rings. The maximum absolute atomic E-state index is 6.37. The first-order valence-electron chi connectivity index (χ1n) is 12.8. The number of pyridine rings is 2. The summed E-state index contributed by atoms with van der Waals surface area (Å²) in [6.07, 6.45) is 3.57. The molecule has 0 aliphatic carbocycles. The Morgan fingerprint density at radius 2 is 1.20 bits per heavy atom. The van der Waals surface area contributed by atoms with Crippen LogP contribution in [0, 0.1) is 12.1 Å². The molecule has 6 aromatic rings. The van der Waals surface area contributed by atoms with Gasteiger partial charge in [-0.05, 0) is 46.6 Å². The fourth-order valence-electron chi connectivity index (χ4n) is 5.10. The molecule has 8 rings (SSSR count). The second-order valence-electron chi connectivity index (χ2n) is 9.19. The molecule has 0 saturated carbocycles. The zero-order chi connectivity index (χ0) is 26.0. The van der Waals surface area contributed by atoms with Crippen molar-refractivity contribution in [1.82, 2.24) is 9.97 Å². The van der Waals surface area contributed by atoms with E-state index in [0.29, 0.717) is 0 Å². The first-order chi connectivity index (χ1) is 19.4. The summed E-state index contributed by atoms with van der Waals surface area (Å²) in [5.41, 5.74) is 7.06. The summed E-state index contributed by atoms with van der Waals surface area (Å²) < 4.78 is 12.6. The Morgan fingerprint density at radius 3 is 1.85 bits per heavy atom. The van der Waals surface area contributed by atoms with E-state index in [-0.39, 0.29) is 26.8 Å². The number of benzene rings is 4. The first-order valence-corrected chi connectivity index (χ1v) is 12.8. The van der Waals surface area contributed by atoms with Crippen molar-refractivity contribution in [3.8, 4) is 45.5 Å². The Kier molecular flexibility index (Phi) is 7.28. The Labute approximate surface area is 247 Å². The number of hydrogen-bond acceptors (Lipinski definition) is 4. The third-order valence-corrected chi connectivity index (χ3v) is 6.84. The van der Waals surface area contributed by atoms with Crippen LogP contribution in [0.15, 0.2) is 128 Å². The van der Waals surface area contributed by atoms with Gasteiger partial charge in [0.15, 0.2) is 0 Å². The van der Waals surface area contributed by atoms with Crippen molar-refractivity contribution in [3.05, 3.63) is 140 Å². The predicted octanol–water partition coefficient (Wildman–Crippen LogP) is 5.82. The van der Waals surface area contributed by atoms with Crippen LogP contribution in [0.25, 0.3) is 22.5 Å². The Morgan fingerprint density at radius 1 is 0.575 bits per heavy atom. The zero-order valence-electron chi connectivity index (χ0n) is 21.2. The van der Waals surface area contributed by atoms with E-state index in [1.165, 1.54) is 0 Å².